The van der Waals surface area contributed by atoms with Gasteiger partial charge in [-0.05, 0) is 42.8 Å². The number of nitriles is 1. The molecule has 0 atom stereocenters. The maximum absolute atomic E-state index is 12.4. The Morgan fingerprint density at radius 3 is 2.47 bits per heavy atom. The molecule has 36 heavy (non-hydrogen) atoms. The number of nitrogens with two attached hydrogens (primary N) is 1. The number of para-hydroxylation sites is 1. The number of nitrogen functional groups attached to an aromatic ring is 1. The number of ether oxygens (including phenoxy) is 3. The van der Waals surface area contributed by atoms with E-state index in [0.717, 1.165) is 5.75 Å². The minimum Gasteiger partial charge on any atom is -0.457 e. The second-order valence-electron chi connectivity index (χ2n) is 7.60. The predicted molar refractivity (Wildman–Crippen MR) is 137 cm³/mol. The zero-order valence-corrected chi connectivity index (χ0v) is 20.6. The minimum absolute atomic E-state index is 0.0695. The van der Waals surface area contributed by atoms with Gasteiger partial charge in [-0.15, -0.1) is 5.26 Å². The van der Waals surface area contributed by atoms with Crippen LogP contribution >= 0.6 is 0 Å². The van der Waals surface area contributed by atoms with Gasteiger partial charge in [0.15, 0.2) is 11.6 Å². The molecule has 2 aromatic carbocycles. The van der Waals surface area contributed by atoms with Crippen LogP contribution in [-0.2, 0) is 14.3 Å². The molecule has 1 saturated heterocycles. The highest BCUT2D eigenvalue weighted by Crippen LogP contribution is 2.23. The number of hydrogen-bond donors (Lipinski definition) is 2. The Morgan fingerprint density at radius 1 is 1.14 bits per heavy atom. The van der Waals surface area contributed by atoms with Gasteiger partial charge < -0.3 is 24.8 Å². The smallest absolute Gasteiger partial charge is 0.292 e. The number of aromatic nitrogens is 2. The summed E-state index contributed by atoms with van der Waals surface area (Å²) < 4.78 is 16.4. The second-order valence-corrected chi connectivity index (χ2v) is 7.60. The van der Waals surface area contributed by atoms with E-state index in [-0.39, 0.29) is 17.5 Å². The number of morpholine rings is 1. The van der Waals surface area contributed by atoms with Crippen LogP contribution in [0.1, 0.15) is 32.3 Å². The molecule has 0 radical (unpaired) electrons. The number of nitrogens with one attached hydrogen (secondary N) is 1. The van der Waals surface area contributed by atoms with Crippen LogP contribution in [0, 0.1) is 11.5 Å². The van der Waals surface area contributed by atoms with Gasteiger partial charge in [0, 0.05) is 25.1 Å². The maximum atomic E-state index is 12.4. The Labute approximate surface area is 210 Å². The molecule has 188 valence electrons. The van der Waals surface area contributed by atoms with Crippen molar-refractivity contribution in [3.8, 4) is 17.8 Å². The van der Waals surface area contributed by atoms with Crippen LogP contribution in [-0.4, -0.2) is 47.3 Å². The molecule has 0 saturated carbocycles. The number of anilines is 1. The zero-order chi connectivity index (χ0) is 25.8. The molecule has 0 spiro atoms. The van der Waals surface area contributed by atoms with Crippen molar-refractivity contribution in [1.29, 1.82) is 5.26 Å². The number of H-pyrrole nitrogens is 1. The highest BCUT2D eigenvalue weighted by Gasteiger charge is 2.16. The number of hydrogen-bond acceptors (Lipinski definition) is 7. The first-order valence-corrected chi connectivity index (χ1v) is 11.9. The van der Waals surface area contributed by atoms with E-state index in [1.165, 1.54) is 0 Å². The summed E-state index contributed by atoms with van der Waals surface area (Å²) in [7, 11) is 0. The number of carbonyl (C=O) groups is 1. The molecule has 1 aliphatic rings. The van der Waals surface area contributed by atoms with E-state index < -0.39 is 0 Å². The highest BCUT2D eigenvalue weighted by atomic mass is 16.5. The molecule has 1 fully saturated rings. The fourth-order valence-electron chi connectivity index (χ4n) is 3.67. The first-order valence-electron chi connectivity index (χ1n) is 11.9. The van der Waals surface area contributed by atoms with E-state index in [4.69, 9.17) is 19.9 Å². The van der Waals surface area contributed by atoms with E-state index in [0.29, 0.717) is 61.0 Å². The maximum Gasteiger partial charge on any atom is 0.292 e. The summed E-state index contributed by atoms with van der Waals surface area (Å²) in [6, 6.07) is 16.6. The number of nitrogens with zero attached hydrogens (tertiary/aromatic N) is 3. The fraction of sp³-hybridized carbons (Fsp3) is 0.296. The summed E-state index contributed by atoms with van der Waals surface area (Å²) in [5, 5.41) is 17.3. The van der Waals surface area contributed by atoms with Gasteiger partial charge in [-0.3, -0.25) is 9.89 Å². The fourth-order valence-corrected chi connectivity index (χ4v) is 3.67. The molecule has 2 heterocycles. The largest absolute Gasteiger partial charge is 0.457 e. The number of rotatable bonds is 7. The van der Waals surface area contributed by atoms with Gasteiger partial charge in [-0.25, -0.2) is 0 Å². The monoisotopic (exact) mass is 489 g/mol. The summed E-state index contributed by atoms with van der Waals surface area (Å²) in [5.74, 6) is 1.89. The molecule has 0 unspecified atom stereocenters. The van der Waals surface area contributed by atoms with E-state index in [1.807, 2.05) is 50.3 Å². The molecule has 3 aromatic rings. The lowest BCUT2D eigenvalue weighted by molar-refractivity contribution is -0.135. The third-order valence-electron chi connectivity index (χ3n) is 5.36. The molecule has 9 heteroatoms. The van der Waals surface area contributed by atoms with Gasteiger partial charge >= 0.3 is 0 Å². The van der Waals surface area contributed by atoms with Crippen LogP contribution in [0.3, 0.4) is 0 Å². The molecule has 0 aliphatic carbocycles. The van der Waals surface area contributed by atoms with Crippen LogP contribution in [0.25, 0.3) is 11.8 Å². The Balaban J connectivity index is 0.00000176. The van der Waals surface area contributed by atoms with Gasteiger partial charge in [-0.1, -0.05) is 38.1 Å². The molecule has 1 amide bonds. The van der Waals surface area contributed by atoms with Crippen molar-refractivity contribution < 1.29 is 19.0 Å². The third kappa shape index (κ3) is 6.87. The van der Waals surface area contributed by atoms with E-state index >= 15 is 0 Å². The zero-order valence-electron chi connectivity index (χ0n) is 20.6. The summed E-state index contributed by atoms with van der Waals surface area (Å²) >= 11 is 0. The van der Waals surface area contributed by atoms with Crippen molar-refractivity contribution in [2.24, 2.45) is 0 Å². The van der Waals surface area contributed by atoms with Crippen LogP contribution < -0.4 is 21.0 Å². The van der Waals surface area contributed by atoms with Crippen molar-refractivity contribution in [1.82, 2.24) is 15.1 Å². The lowest BCUT2D eigenvalue weighted by atomic mass is 10.1. The highest BCUT2D eigenvalue weighted by molar-refractivity contribution is 5.77. The number of benzene rings is 2. The van der Waals surface area contributed by atoms with Gasteiger partial charge in [0.05, 0.1) is 23.8 Å². The standard InChI is InChI=1S/C25H25N5O4.C2H6/c26-17-33-24(18-9-11-20(12-10-18)34-19-5-2-1-3-6-19)23-21(28-29-25(23)27)7-4-8-22(31)30-13-15-32-16-14-30;1-2/h1-3,5-7,9-12,28H,4,8,13-16H2,(H2,27,29);1-2H3/b21-7+,24-23+;. The third-order valence-corrected chi connectivity index (χ3v) is 5.36. The SMILES string of the molecule is CC.N#CO/C(c1ccc(Oc2ccccc2)cc1)=c1/c(N)n[nH]/c1=C/CCC(=O)N1CCOCC1. The van der Waals surface area contributed by atoms with Gasteiger partial charge in [-0.2, -0.15) is 5.10 Å². The lowest BCUT2D eigenvalue weighted by Gasteiger charge is -2.26. The number of aromatic amines is 1. The summed E-state index contributed by atoms with van der Waals surface area (Å²) in [4.78, 5) is 14.2. The average molecular weight is 490 g/mol. The van der Waals surface area contributed by atoms with Gasteiger partial charge in [0.25, 0.3) is 6.26 Å². The van der Waals surface area contributed by atoms with Crippen molar-refractivity contribution in [2.75, 3.05) is 32.0 Å². The van der Waals surface area contributed by atoms with Crippen molar-refractivity contribution in [3.63, 3.8) is 0 Å². The Bertz CT molecular complexity index is 1270. The topological polar surface area (TPSA) is 126 Å². The van der Waals surface area contributed by atoms with Crippen LogP contribution in [0.15, 0.2) is 54.6 Å². The number of amides is 1. The second kappa shape index (κ2) is 13.6. The van der Waals surface area contributed by atoms with Crippen LogP contribution in [0.5, 0.6) is 11.5 Å². The molecule has 9 nitrogen and oxygen atoms in total. The van der Waals surface area contributed by atoms with Gasteiger partial charge in [0.2, 0.25) is 5.91 Å². The first kappa shape index (κ1) is 26.3. The van der Waals surface area contributed by atoms with E-state index in [9.17, 15) is 10.1 Å². The van der Waals surface area contributed by atoms with Crippen molar-refractivity contribution >= 4 is 23.6 Å². The average Bonchev–Trinajstić information content (AvgIpc) is 3.29. The van der Waals surface area contributed by atoms with E-state index in [1.54, 1.807) is 35.4 Å². The number of carbonyl (C=O) groups excluding carboxylic acids is 1. The minimum atomic E-state index is 0.0695. The van der Waals surface area contributed by atoms with Crippen molar-refractivity contribution in [2.45, 2.75) is 26.7 Å². The van der Waals surface area contributed by atoms with Gasteiger partial charge in [0.1, 0.15) is 11.5 Å². The molecule has 1 aliphatic heterocycles. The molecule has 4 rings (SSSR count). The summed E-state index contributed by atoms with van der Waals surface area (Å²) in [6.07, 6.45) is 4.39. The Hall–Kier alpha value is -4.29. The molecule has 0 bridgehead atoms. The van der Waals surface area contributed by atoms with Crippen LogP contribution in [0.4, 0.5) is 5.82 Å². The Morgan fingerprint density at radius 2 is 1.81 bits per heavy atom. The molecular weight excluding hydrogens is 458 g/mol. The molecular formula is C27H31N5O4. The molecule has 3 N–H and O–H groups in total. The van der Waals surface area contributed by atoms with E-state index in [2.05, 4.69) is 10.2 Å². The lowest BCUT2D eigenvalue weighted by Crippen LogP contribution is -2.40. The summed E-state index contributed by atoms with van der Waals surface area (Å²) in [5.41, 5.74) is 6.74. The first-order chi connectivity index (χ1) is 17.7. The van der Waals surface area contributed by atoms with Crippen LogP contribution in [0.2, 0.25) is 0 Å². The predicted octanol–water partition coefficient (Wildman–Crippen LogP) is 2.88. The summed E-state index contributed by atoms with van der Waals surface area (Å²) in [6.45, 7) is 6.35. The normalized spacial score (nSPS) is 14.2. The Kier molecular flexibility index (Phi) is 9.91. The quantitative estimate of drug-likeness (QED) is 0.489. The molecule has 1 aromatic heterocycles. The van der Waals surface area contributed by atoms with Crippen molar-refractivity contribution in [3.05, 3.63) is 70.7 Å².